The van der Waals surface area contributed by atoms with E-state index in [9.17, 15) is 23.1 Å². The monoisotopic (exact) mass is 406 g/mol. The van der Waals surface area contributed by atoms with Gasteiger partial charge in [-0.2, -0.15) is 0 Å². The van der Waals surface area contributed by atoms with Gasteiger partial charge in [0.15, 0.2) is 0 Å². The third-order valence-corrected chi connectivity index (χ3v) is 5.45. The van der Waals surface area contributed by atoms with Gasteiger partial charge in [0.25, 0.3) is 0 Å². The van der Waals surface area contributed by atoms with E-state index >= 15 is 0 Å². The van der Waals surface area contributed by atoms with Crippen molar-refractivity contribution >= 4 is 27.6 Å². The molecule has 8 nitrogen and oxygen atoms in total. The smallest absolute Gasteiger partial charge is 0.337 e. The molecule has 150 valence electrons. The molecule has 2 rings (SSSR count). The Hall–Kier alpha value is -2.91. The highest BCUT2D eigenvalue weighted by Gasteiger charge is 2.21. The highest BCUT2D eigenvalue weighted by Crippen LogP contribution is 2.16. The molecular weight excluding hydrogens is 384 g/mol. The Kier molecular flexibility index (Phi) is 7.53. The second kappa shape index (κ2) is 9.86. The number of anilines is 1. The van der Waals surface area contributed by atoms with Crippen molar-refractivity contribution in [3.63, 3.8) is 0 Å². The van der Waals surface area contributed by atoms with E-state index < -0.39 is 16.0 Å². The number of carboxylic acids is 1. The number of phenolic OH excluding ortho intramolecular Hbond substituents is 1. The van der Waals surface area contributed by atoms with E-state index in [0.717, 1.165) is 0 Å². The van der Waals surface area contributed by atoms with Gasteiger partial charge in [-0.1, -0.05) is 18.6 Å². The Morgan fingerprint density at radius 2 is 1.61 bits per heavy atom. The number of unbranched alkanes of at least 4 members (excludes halogenated alkanes) is 2. The Balaban J connectivity index is 1.72. The maximum Gasteiger partial charge on any atom is 0.337 e. The molecule has 0 unspecified atom stereocenters. The molecule has 2 aromatic carbocycles. The second-order valence-electron chi connectivity index (χ2n) is 6.10. The third kappa shape index (κ3) is 6.36. The van der Waals surface area contributed by atoms with E-state index in [4.69, 9.17) is 5.11 Å². The number of sulfonamides is 1. The zero-order chi connectivity index (χ0) is 20.6. The molecule has 0 bridgehead atoms. The van der Waals surface area contributed by atoms with Crippen LogP contribution in [-0.2, 0) is 14.8 Å². The Labute approximate surface area is 163 Å². The van der Waals surface area contributed by atoms with Gasteiger partial charge in [-0.25, -0.2) is 17.9 Å². The number of carboxylic acid groups (broad SMARTS) is 1. The summed E-state index contributed by atoms with van der Waals surface area (Å²) in [7, 11) is -3.91. The number of amides is 1. The number of carbonyl (C=O) groups excluding carboxylic acids is 1. The summed E-state index contributed by atoms with van der Waals surface area (Å²) >= 11 is 0. The van der Waals surface area contributed by atoms with Crippen molar-refractivity contribution in [3.8, 4) is 5.75 Å². The molecule has 0 aliphatic heterocycles. The highest BCUT2D eigenvalue weighted by molar-refractivity contribution is 7.89. The molecule has 2 aromatic rings. The van der Waals surface area contributed by atoms with Crippen LogP contribution >= 0.6 is 0 Å². The summed E-state index contributed by atoms with van der Waals surface area (Å²) < 4.78 is 26.9. The maximum atomic E-state index is 12.3. The van der Waals surface area contributed by atoms with Gasteiger partial charge < -0.3 is 15.5 Å². The minimum Gasteiger partial charge on any atom is -0.508 e. The van der Waals surface area contributed by atoms with Crippen molar-refractivity contribution in [2.24, 2.45) is 0 Å². The maximum absolute atomic E-state index is 12.3. The van der Waals surface area contributed by atoms with Gasteiger partial charge in [0, 0.05) is 18.7 Å². The summed E-state index contributed by atoms with van der Waals surface area (Å²) in [6.07, 6.45) is 2.01. The summed E-state index contributed by atoms with van der Waals surface area (Å²) in [5.41, 5.74) is 0.313. The lowest BCUT2D eigenvalue weighted by atomic mass is 10.2. The van der Waals surface area contributed by atoms with Crippen LogP contribution in [0.25, 0.3) is 0 Å². The van der Waals surface area contributed by atoms with Crippen LogP contribution in [-0.4, -0.2) is 37.1 Å². The molecule has 0 heterocycles. The van der Waals surface area contributed by atoms with Crippen LogP contribution in [0.3, 0.4) is 0 Å². The van der Waals surface area contributed by atoms with Crippen LogP contribution in [0.15, 0.2) is 53.4 Å². The number of benzene rings is 2. The molecule has 9 heteroatoms. The number of aromatic carboxylic acids is 1. The molecule has 28 heavy (non-hydrogen) atoms. The first-order chi connectivity index (χ1) is 13.3. The van der Waals surface area contributed by atoms with Gasteiger partial charge in [-0.05, 0) is 49.2 Å². The molecule has 0 aliphatic rings. The molecule has 4 N–H and O–H groups in total. The van der Waals surface area contributed by atoms with E-state index in [1.807, 2.05) is 0 Å². The fraction of sp³-hybridized carbons (Fsp3) is 0.263. The number of phenols is 1. The Bertz CT molecular complexity index is 926. The highest BCUT2D eigenvalue weighted by atomic mass is 32.2. The predicted molar refractivity (Wildman–Crippen MR) is 104 cm³/mol. The van der Waals surface area contributed by atoms with Gasteiger partial charge in [-0.15, -0.1) is 0 Å². The Morgan fingerprint density at radius 3 is 2.29 bits per heavy atom. The first-order valence-electron chi connectivity index (χ1n) is 8.70. The first-order valence-corrected chi connectivity index (χ1v) is 10.2. The molecule has 0 aromatic heterocycles. The molecule has 0 spiro atoms. The summed E-state index contributed by atoms with van der Waals surface area (Å²) in [4.78, 5) is 22.7. The van der Waals surface area contributed by atoms with E-state index in [2.05, 4.69) is 10.0 Å². The fourth-order valence-electron chi connectivity index (χ4n) is 2.52. The predicted octanol–water partition coefficient (Wildman–Crippen LogP) is 2.57. The van der Waals surface area contributed by atoms with Crippen molar-refractivity contribution in [2.45, 2.75) is 30.6 Å². The van der Waals surface area contributed by atoms with Crippen molar-refractivity contribution in [1.29, 1.82) is 0 Å². The van der Waals surface area contributed by atoms with E-state index in [-0.39, 0.29) is 35.1 Å². The van der Waals surface area contributed by atoms with Gasteiger partial charge in [0.05, 0.1) is 10.5 Å². The first kappa shape index (κ1) is 21.4. The number of aromatic hydroxyl groups is 1. The third-order valence-electron chi connectivity index (χ3n) is 3.93. The van der Waals surface area contributed by atoms with Crippen molar-refractivity contribution in [3.05, 3.63) is 54.1 Å². The molecule has 0 saturated heterocycles. The van der Waals surface area contributed by atoms with Crippen LogP contribution < -0.4 is 10.0 Å². The van der Waals surface area contributed by atoms with E-state index in [1.54, 1.807) is 12.1 Å². The van der Waals surface area contributed by atoms with Gasteiger partial charge in [0.1, 0.15) is 5.75 Å². The lowest BCUT2D eigenvalue weighted by Gasteiger charge is -2.09. The molecule has 0 fully saturated rings. The minimum atomic E-state index is -3.91. The fourth-order valence-corrected chi connectivity index (χ4v) is 3.79. The lowest BCUT2D eigenvalue weighted by Crippen LogP contribution is -2.26. The zero-order valence-corrected chi connectivity index (χ0v) is 15.9. The van der Waals surface area contributed by atoms with Crippen LogP contribution in [0.4, 0.5) is 5.69 Å². The average Bonchev–Trinajstić information content (AvgIpc) is 2.66. The van der Waals surface area contributed by atoms with Crippen molar-refractivity contribution in [1.82, 2.24) is 4.72 Å². The van der Waals surface area contributed by atoms with Crippen LogP contribution in [0, 0.1) is 0 Å². The summed E-state index contributed by atoms with van der Waals surface area (Å²) in [6, 6.07) is 11.6. The summed E-state index contributed by atoms with van der Waals surface area (Å²) in [5, 5.41) is 21.0. The molecule has 0 atom stereocenters. The van der Waals surface area contributed by atoms with Crippen LogP contribution in [0.2, 0.25) is 0 Å². The number of hydrogen-bond donors (Lipinski definition) is 4. The Morgan fingerprint density at radius 1 is 0.929 bits per heavy atom. The molecule has 0 aliphatic carbocycles. The van der Waals surface area contributed by atoms with Crippen LogP contribution in [0.5, 0.6) is 5.75 Å². The minimum absolute atomic E-state index is 0.117. The lowest BCUT2D eigenvalue weighted by molar-refractivity contribution is -0.116. The normalized spacial score (nSPS) is 11.1. The van der Waals surface area contributed by atoms with Crippen molar-refractivity contribution < 1.29 is 28.2 Å². The van der Waals surface area contributed by atoms with Gasteiger partial charge >= 0.3 is 5.97 Å². The largest absolute Gasteiger partial charge is 0.508 e. The number of hydrogen-bond acceptors (Lipinski definition) is 5. The SMILES string of the molecule is O=C(CCCCCNS(=O)(=O)c1ccccc1C(=O)O)Nc1ccc(O)cc1. The molecular formula is C19H22N2O6S. The van der Waals surface area contributed by atoms with Gasteiger partial charge in [0.2, 0.25) is 15.9 Å². The molecule has 0 saturated carbocycles. The number of nitrogens with one attached hydrogen (secondary N) is 2. The molecule has 1 amide bonds. The quantitative estimate of drug-likeness (QED) is 0.354. The second-order valence-corrected chi connectivity index (χ2v) is 7.84. The average molecular weight is 406 g/mol. The number of carbonyl (C=O) groups is 2. The van der Waals surface area contributed by atoms with Crippen molar-refractivity contribution in [2.75, 3.05) is 11.9 Å². The standard InChI is InChI=1S/C19H22N2O6S/c22-15-11-9-14(10-12-15)21-18(23)8-2-1-5-13-20-28(26,27)17-7-4-3-6-16(17)19(24)25/h3-4,6-7,9-12,20,22H,1-2,5,8,13H2,(H,21,23)(H,24,25). The van der Waals surface area contributed by atoms with E-state index in [0.29, 0.717) is 24.9 Å². The summed E-state index contributed by atoms with van der Waals surface area (Å²) in [6.45, 7) is 0.149. The van der Waals surface area contributed by atoms with Crippen LogP contribution in [0.1, 0.15) is 36.0 Å². The summed E-state index contributed by atoms with van der Waals surface area (Å²) in [5.74, 6) is -1.35. The number of rotatable bonds is 10. The zero-order valence-electron chi connectivity index (χ0n) is 15.1. The van der Waals surface area contributed by atoms with Gasteiger partial charge in [-0.3, -0.25) is 4.79 Å². The topological polar surface area (TPSA) is 133 Å². The molecule has 0 radical (unpaired) electrons. The van der Waals surface area contributed by atoms with E-state index in [1.165, 1.54) is 36.4 Å².